The summed E-state index contributed by atoms with van der Waals surface area (Å²) in [5, 5.41) is 20.1. The third kappa shape index (κ3) is 4.21. The fraction of sp³-hybridized carbons (Fsp3) is 0.588. The van der Waals surface area contributed by atoms with Crippen LogP contribution in [0.1, 0.15) is 44.1 Å². The minimum absolute atomic E-state index is 0.320. The van der Waals surface area contributed by atoms with Crippen molar-refractivity contribution in [2.75, 3.05) is 7.11 Å². The number of aliphatic hydroxyl groups is 1. The third-order valence-electron chi connectivity index (χ3n) is 4.42. The first kappa shape index (κ1) is 15.8. The molecule has 0 heterocycles. The molecule has 4 heteroatoms. The molecular formula is C17H24O4. The van der Waals surface area contributed by atoms with E-state index in [0.717, 1.165) is 24.8 Å². The van der Waals surface area contributed by atoms with Crippen LogP contribution >= 0.6 is 0 Å². The molecule has 1 aliphatic rings. The van der Waals surface area contributed by atoms with Gasteiger partial charge in [0.1, 0.15) is 5.75 Å². The lowest BCUT2D eigenvalue weighted by Crippen LogP contribution is -2.36. The van der Waals surface area contributed by atoms with Crippen molar-refractivity contribution in [3.8, 4) is 5.75 Å². The van der Waals surface area contributed by atoms with Crippen LogP contribution in [-0.4, -0.2) is 28.9 Å². The molecule has 0 aliphatic heterocycles. The van der Waals surface area contributed by atoms with E-state index in [1.165, 1.54) is 0 Å². The van der Waals surface area contributed by atoms with Crippen molar-refractivity contribution in [3.05, 3.63) is 29.8 Å². The van der Waals surface area contributed by atoms with Gasteiger partial charge in [0.25, 0.3) is 0 Å². The minimum atomic E-state index is -0.847. The van der Waals surface area contributed by atoms with E-state index >= 15 is 0 Å². The van der Waals surface area contributed by atoms with Crippen molar-refractivity contribution in [3.63, 3.8) is 0 Å². The summed E-state index contributed by atoms with van der Waals surface area (Å²) in [5.41, 5.74) is 0.0652. The predicted molar refractivity (Wildman–Crippen MR) is 80.5 cm³/mol. The quantitative estimate of drug-likeness (QED) is 0.845. The first-order valence-corrected chi connectivity index (χ1v) is 7.61. The van der Waals surface area contributed by atoms with Crippen LogP contribution in [0, 0.1) is 5.92 Å². The SMILES string of the molecule is COc1ccccc1CC(CC1(O)CCCCC1)C(=O)O. The Balaban J connectivity index is 2.10. The largest absolute Gasteiger partial charge is 0.496 e. The summed E-state index contributed by atoms with van der Waals surface area (Å²) in [6.45, 7) is 0. The second kappa shape index (κ2) is 6.94. The number of ether oxygens (including phenoxy) is 1. The van der Waals surface area contributed by atoms with Crippen molar-refractivity contribution in [1.29, 1.82) is 0 Å². The highest BCUT2D eigenvalue weighted by atomic mass is 16.5. The number of para-hydroxylation sites is 1. The lowest BCUT2D eigenvalue weighted by Gasteiger charge is -2.34. The summed E-state index contributed by atoms with van der Waals surface area (Å²) >= 11 is 0. The molecule has 0 bridgehead atoms. The zero-order chi connectivity index (χ0) is 15.3. The number of carboxylic acid groups (broad SMARTS) is 1. The van der Waals surface area contributed by atoms with Gasteiger partial charge in [-0.25, -0.2) is 0 Å². The molecule has 116 valence electrons. The normalized spacial score (nSPS) is 19.0. The maximum absolute atomic E-state index is 11.6. The zero-order valence-corrected chi connectivity index (χ0v) is 12.5. The van der Waals surface area contributed by atoms with E-state index in [1.807, 2.05) is 24.3 Å². The van der Waals surface area contributed by atoms with Crippen LogP contribution in [0.15, 0.2) is 24.3 Å². The molecule has 21 heavy (non-hydrogen) atoms. The Bertz CT molecular complexity index is 477. The number of aliphatic carboxylic acids is 1. The molecule has 2 rings (SSSR count). The summed E-state index contributed by atoms with van der Waals surface area (Å²) in [5.74, 6) is -0.719. The second-order valence-corrected chi connectivity index (χ2v) is 6.04. The van der Waals surface area contributed by atoms with Crippen LogP contribution in [0.25, 0.3) is 0 Å². The van der Waals surface area contributed by atoms with Crippen LogP contribution in [0.4, 0.5) is 0 Å². The molecule has 2 N–H and O–H groups in total. The zero-order valence-electron chi connectivity index (χ0n) is 12.5. The number of hydrogen-bond donors (Lipinski definition) is 2. The Labute approximate surface area is 125 Å². The van der Waals surface area contributed by atoms with Crippen LogP contribution in [0.5, 0.6) is 5.75 Å². The van der Waals surface area contributed by atoms with Crippen LogP contribution in [0.3, 0.4) is 0 Å². The van der Waals surface area contributed by atoms with E-state index < -0.39 is 17.5 Å². The van der Waals surface area contributed by atoms with E-state index in [2.05, 4.69) is 0 Å². The summed E-state index contributed by atoms with van der Waals surface area (Å²) in [4.78, 5) is 11.6. The van der Waals surface area contributed by atoms with Gasteiger partial charge >= 0.3 is 5.97 Å². The molecule has 0 amide bonds. The van der Waals surface area contributed by atoms with Gasteiger partial charge in [-0.2, -0.15) is 0 Å². The third-order valence-corrected chi connectivity index (χ3v) is 4.42. The van der Waals surface area contributed by atoms with Gasteiger partial charge in [0, 0.05) is 0 Å². The molecule has 1 saturated carbocycles. The van der Waals surface area contributed by atoms with Crippen LogP contribution in [-0.2, 0) is 11.2 Å². The van der Waals surface area contributed by atoms with Crippen molar-refractivity contribution in [2.24, 2.45) is 5.92 Å². The maximum Gasteiger partial charge on any atom is 0.306 e. The van der Waals surface area contributed by atoms with Crippen LogP contribution in [0.2, 0.25) is 0 Å². The number of hydrogen-bond acceptors (Lipinski definition) is 3. The molecule has 1 aromatic rings. The highest BCUT2D eigenvalue weighted by molar-refractivity contribution is 5.70. The highest BCUT2D eigenvalue weighted by Crippen LogP contribution is 2.35. The molecule has 0 saturated heterocycles. The van der Waals surface area contributed by atoms with Gasteiger partial charge in [-0.1, -0.05) is 37.5 Å². The average molecular weight is 292 g/mol. The number of carbonyl (C=O) groups is 1. The Morgan fingerprint density at radius 2 is 1.95 bits per heavy atom. The van der Waals surface area contributed by atoms with Crippen LogP contribution < -0.4 is 4.74 Å². The minimum Gasteiger partial charge on any atom is -0.496 e. The first-order valence-electron chi connectivity index (χ1n) is 7.61. The van der Waals surface area contributed by atoms with E-state index in [4.69, 9.17) is 4.74 Å². The molecule has 0 radical (unpaired) electrons. The van der Waals surface area contributed by atoms with E-state index in [9.17, 15) is 15.0 Å². The first-order chi connectivity index (χ1) is 10.0. The summed E-state index contributed by atoms with van der Waals surface area (Å²) in [7, 11) is 1.59. The van der Waals surface area contributed by atoms with Gasteiger partial charge in [-0.3, -0.25) is 4.79 Å². The number of methoxy groups -OCH3 is 1. The fourth-order valence-electron chi connectivity index (χ4n) is 3.26. The topological polar surface area (TPSA) is 66.8 Å². The van der Waals surface area contributed by atoms with E-state index in [-0.39, 0.29) is 0 Å². The van der Waals surface area contributed by atoms with E-state index in [1.54, 1.807) is 7.11 Å². The van der Waals surface area contributed by atoms with Gasteiger partial charge in [-0.05, 0) is 37.3 Å². The van der Waals surface area contributed by atoms with Crippen molar-refractivity contribution < 1.29 is 19.7 Å². The smallest absolute Gasteiger partial charge is 0.306 e. The lowest BCUT2D eigenvalue weighted by molar-refractivity contribution is -0.145. The van der Waals surface area contributed by atoms with Gasteiger partial charge in [0.2, 0.25) is 0 Å². The second-order valence-electron chi connectivity index (χ2n) is 6.04. The van der Waals surface area contributed by atoms with Gasteiger partial charge < -0.3 is 14.9 Å². The lowest BCUT2D eigenvalue weighted by atomic mass is 9.77. The monoisotopic (exact) mass is 292 g/mol. The highest BCUT2D eigenvalue weighted by Gasteiger charge is 2.35. The van der Waals surface area contributed by atoms with Crippen molar-refractivity contribution in [1.82, 2.24) is 0 Å². The van der Waals surface area contributed by atoms with Gasteiger partial charge in [-0.15, -0.1) is 0 Å². The Hall–Kier alpha value is -1.55. The number of benzene rings is 1. The standard InChI is InChI=1S/C17H24O4/c1-21-15-8-4-3-7-13(15)11-14(16(18)19)12-17(20)9-5-2-6-10-17/h3-4,7-8,14,20H,2,5-6,9-12H2,1H3,(H,18,19). The fourth-order valence-corrected chi connectivity index (χ4v) is 3.26. The molecule has 1 unspecified atom stereocenters. The summed E-state index contributed by atoms with van der Waals surface area (Å²) in [6.07, 6.45) is 5.23. The average Bonchev–Trinajstić information content (AvgIpc) is 2.47. The Morgan fingerprint density at radius 1 is 1.29 bits per heavy atom. The summed E-state index contributed by atoms with van der Waals surface area (Å²) in [6, 6.07) is 7.47. The van der Waals surface area contributed by atoms with Crippen molar-refractivity contribution >= 4 is 5.97 Å². The molecule has 0 aromatic heterocycles. The van der Waals surface area contributed by atoms with Gasteiger partial charge in [0.05, 0.1) is 18.6 Å². The molecule has 4 nitrogen and oxygen atoms in total. The Morgan fingerprint density at radius 3 is 2.57 bits per heavy atom. The maximum atomic E-state index is 11.6. The molecule has 0 spiro atoms. The van der Waals surface area contributed by atoms with E-state index in [0.29, 0.717) is 31.4 Å². The number of rotatable bonds is 6. The molecule has 1 aliphatic carbocycles. The predicted octanol–water partition coefficient (Wildman–Crippen LogP) is 3.02. The molecule has 1 aromatic carbocycles. The molecular weight excluding hydrogens is 268 g/mol. The van der Waals surface area contributed by atoms with Crippen molar-refractivity contribution in [2.45, 2.75) is 50.5 Å². The Kier molecular flexibility index (Phi) is 5.23. The summed E-state index contributed by atoms with van der Waals surface area (Å²) < 4.78 is 5.29. The molecule has 1 fully saturated rings. The van der Waals surface area contributed by atoms with Gasteiger partial charge in [0.15, 0.2) is 0 Å². The number of carboxylic acids is 1. The molecule has 1 atom stereocenters.